The second-order valence-corrected chi connectivity index (χ2v) is 3.82. The highest BCUT2D eigenvalue weighted by Crippen LogP contribution is 2.24. The topological polar surface area (TPSA) is 111 Å². The first-order valence-corrected chi connectivity index (χ1v) is 5.90. The monoisotopic (exact) mass is 281 g/mol. The number of nitro groups is 1. The number of hydrogen-bond acceptors (Lipinski definition) is 5. The second-order valence-electron chi connectivity index (χ2n) is 3.82. The Kier molecular flexibility index (Phi) is 5.45. The van der Waals surface area contributed by atoms with Gasteiger partial charge in [0.25, 0.3) is 5.69 Å². The number of urea groups is 1. The zero-order chi connectivity index (χ0) is 15.1. The molecule has 0 atom stereocenters. The smallest absolute Gasteiger partial charge is 0.325 e. The lowest BCUT2D eigenvalue weighted by Crippen LogP contribution is -2.34. The van der Waals surface area contributed by atoms with E-state index in [1.165, 1.54) is 25.1 Å². The predicted octanol–water partition coefficient (Wildman–Crippen LogP) is 1.59. The Morgan fingerprint density at radius 1 is 1.40 bits per heavy atom. The van der Waals surface area contributed by atoms with Gasteiger partial charge in [0.05, 0.1) is 22.8 Å². The molecule has 8 heteroatoms. The Hall–Kier alpha value is -2.64. The van der Waals surface area contributed by atoms with Gasteiger partial charge < -0.3 is 15.4 Å². The molecule has 0 aromatic heterocycles. The molecule has 0 radical (unpaired) electrons. The van der Waals surface area contributed by atoms with Crippen molar-refractivity contribution in [1.82, 2.24) is 5.32 Å². The third-order valence-electron chi connectivity index (χ3n) is 2.45. The van der Waals surface area contributed by atoms with Gasteiger partial charge in [0.2, 0.25) is 0 Å². The van der Waals surface area contributed by atoms with Crippen molar-refractivity contribution in [1.29, 1.82) is 0 Å². The number of benzene rings is 1. The molecule has 20 heavy (non-hydrogen) atoms. The quantitative estimate of drug-likeness (QED) is 0.483. The number of nitrogens with one attached hydrogen (secondary N) is 2. The fourth-order valence-corrected chi connectivity index (χ4v) is 1.49. The molecule has 0 spiro atoms. The van der Waals surface area contributed by atoms with Crippen molar-refractivity contribution >= 4 is 23.4 Å². The summed E-state index contributed by atoms with van der Waals surface area (Å²) in [4.78, 5) is 32.8. The van der Waals surface area contributed by atoms with Crippen LogP contribution in [0.3, 0.4) is 0 Å². The summed E-state index contributed by atoms with van der Waals surface area (Å²) in [5.74, 6) is -0.557. The highest BCUT2D eigenvalue weighted by atomic mass is 16.6. The molecule has 2 amide bonds. The summed E-state index contributed by atoms with van der Waals surface area (Å²) in [6.45, 7) is 3.14. The zero-order valence-corrected chi connectivity index (χ0v) is 11.1. The first-order valence-electron chi connectivity index (χ1n) is 5.90. The van der Waals surface area contributed by atoms with Crippen molar-refractivity contribution in [2.75, 3.05) is 18.5 Å². The summed E-state index contributed by atoms with van der Waals surface area (Å²) in [6, 6.07) is 3.71. The molecule has 0 aliphatic carbocycles. The van der Waals surface area contributed by atoms with Gasteiger partial charge in [-0.3, -0.25) is 14.9 Å². The molecule has 1 aromatic rings. The Balaban J connectivity index is 2.65. The van der Waals surface area contributed by atoms with Crippen LogP contribution in [0.15, 0.2) is 18.2 Å². The SMILES string of the molecule is CCOC(=O)CNC(=O)Nc1cccc([N+](=O)[O-])c1C. The lowest BCUT2D eigenvalue weighted by Gasteiger charge is -2.09. The van der Waals surface area contributed by atoms with Crippen molar-refractivity contribution in [3.63, 3.8) is 0 Å². The van der Waals surface area contributed by atoms with E-state index in [1.54, 1.807) is 6.92 Å². The van der Waals surface area contributed by atoms with E-state index >= 15 is 0 Å². The summed E-state index contributed by atoms with van der Waals surface area (Å²) in [7, 11) is 0. The maximum Gasteiger partial charge on any atom is 0.325 e. The summed E-state index contributed by atoms with van der Waals surface area (Å²) in [5, 5.41) is 15.5. The van der Waals surface area contributed by atoms with Gasteiger partial charge in [0.15, 0.2) is 0 Å². The Bertz CT molecular complexity index is 530. The molecule has 2 N–H and O–H groups in total. The lowest BCUT2D eigenvalue weighted by atomic mass is 10.1. The van der Waals surface area contributed by atoms with Gasteiger partial charge in [-0.15, -0.1) is 0 Å². The Morgan fingerprint density at radius 2 is 2.10 bits per heavy atom. The van der Waals surface area contributed by atoms with Crippen LogP contribution in [0.25, 0.3) is 0 Å². The minimum Gasteiger partial charge on any atom is -0.465 e. The Labute approximate surface area is 115 Å². The van der Waals surface area contributed by atoms with E-state index in [0.29, 0.717) is 11.3 Å². The molecule has 0 saturated heterocycles. The van der Waals surface area contributed by atoms with Crippen molar-refractivity contribution in [3.8, 4) is 0 Å². The van der Waals surface area contributed by atoms with Crippen LogP contribution in [-0.2, 0) is 9.53 Å². The van der Waals surface area contributed by atoms with Gasteiger partial charge in [-0.2, -0.15) is 0 Å². The van der Waals surface area contributed by atoms with Gasteiger partial charge in [-0.1, -0.05) is 6.07 Å². The number of amides is 2. The first kappa shape index (κ1) is 15.4. The molecular weight excluding hydrogens is 266 g/mol. The van der Waals surface area contributed by atoms with E-state index in [0.717, 1.165) is 0 Å². The van der Waals surface area contributed by atoms with Gasteiger partial charge >= 0.3 is 12.0 Å². The van der Waals surface area contributed by atoms with Gasteiger partial charge in [-0.25, -0.2) is 4.79 Å². The number of nitrogens with zero attached hydrogens (tertiary/aromatic N) is 1. The minimum atomic E-state index is -0.637. The minimum absolute atomic E-state index is 0.0896. The molecule has 8 nitrogen and oxygen atoms in total. The molecule has 0 aliphatic rings. The highest BCUT2D eigenvalue weighted by Gasteiger charge is 2.15. The van der Waals surface area contributed by atoms with E-state index in [-0.39, 0.29) is 18.8 Å². The molecule has 0 fully saturated rings. The number of anilines is 1. The molecule has 1 rings (SSSR count). The average molecular weight is 281 g/mol. The maximum absolute atomic E-state index is 11.6. The molecule has 0 heterocycles. The predicted molar refractivity (Wildman–Crippen MR) is 71.5 cm³/mol. The lowest BCUT2D eigenvalue weighted by molar-refractivity contribution is -0.385. The van der Waals surface area contributed by atoms with Crippen molar-refractivity contribution in [2.45, 2.75) is 13.8 Å². The number of ether oxygens (including phenoxy) is 1. The second kappa shape index (κ2) is 7.07. The zero-order valence-electron chi connectivity index (χ0n) is 11.1. The van der Waals surface area contributed by atoms with Gasteiger partial charge in [0.1, 0.15) is 6.54 Å². The molecule has 0 bridgehead atoms. The first-order chi connectivity index (χ1) is 9.45. The van der Waals surface area contributed by atoms with E-state index in [9.17, 15) is 19.7 Å². The van der Waals surface area contributed by atoms with E-state index < -0.39 is 16.9 Å². The number of rotatable bonds is 5. The van der Waals surface area contributed by atoms with Crippen LogP contribution >= 0.6 is 0 Å². The molecule has 0 saturated carbocycles. The van der Waals surface area contributed by atoms with Crippen LogP contribution in [0.1, 0.15) is 12.5 Å². The molecule has 0 aliphatic heterocycles. The maximum atomic E-state index is 11.6. The number of carbonyl (C=O) groups excluding carboxylic acids is 2. The fraction of sp³-hybridized carbons (Fsp3) is 0.333. The fourth-order valence-electron chi connectivity index (χ4n) is 1.49. The van der Waals surface area contributed by atoms with Crippen LogP contribution in [0.5, 0.6) is 0 Å². The largest absolute Gasteiger partial charge is 0.465 e. The number of esters is 1. The van der Waals surface area contributed by atoms with Crippen molar-refractivity contribution < 1.29 is 19.2 Å². The summed E-state index contributed by atoms with van der Waals surface area (Å²) in [5.41, 5.74) is 0.553. The molecular formula is C12H15N3O5. The van der Waals surface area contributed by atoms with Crippen LogP contribution in [-0.4, -0.2) is 30.1 Å². The van der Waals surface area contributed by atoms with Crippen LogP contribution < -0.4 is 10.6 Å². The Morgan fingerprint density at radius 3 is 2.70 bits per heavy atom. The van der Waals surface area contributed by atoms with Crippen LogP contribution in [0.4, 0.5) is 16.2 Å². The summed E-state index contributed by atoms with van der Waals surface area (Å²) in [6.07, 6.45) is 0. The number of hydrogen-bond donors (Lipinski definition) is 2. The van der Waals surface area contributed by atoms with Crippen LogP contribution in [0.2, 0.25) is 0 Å². The van der Waals surface area contributed by atoms with Crippen molar-refractivity contribution in [3.05, 3.63) is 33.9 Å². The van der Waals surface area contributed by atoms with E-state index in [2.05, 4.69) is 15.4 Å². The van der Waals surface area contributed by atoms with Crippen LogP contribution in [0, 0.1) is 17.0 Å². The van der Waals surface area contributed by atoms with Crippen molar-refractivity contribution in [2.24, 2.45) is 0 Å². The van der Waals surface area contributed by atoms with E-state index in [4.69, 9.17) is 0 Å². The molecule has 108 valence electrons. The average Bonchev–Trinajstić information content (AvgIpc) is 2.39. The summed E-state index contributed by atoms with van der Waals surface area (Å²) < 4.78 is 4.65. The van der Waals surface area contributed by atoms with Gasteiger partial charge in [-0.05, 0) is 19.9 Å². The third-order valence-corrected chi connectivity index (χ3v) is 2.45. The summed E-state index contributed by atoms with van der Waals surface area (Å²) >= 11 is 0. The number of carbonyl (C=O) groups is 2. The third kappa shape index (κ3) is 4.23. The molecule has 1 aromatic carbocycles. The number of nitro benzene ring substituents is 1. The normalized spacial score (nSPS) is 9.70. The molecule has 0 unspecified atom stereocenters. The standard InChI is InChI=1S/C12H15N3O5/c1-3-20-11(16)7-13-12(17)14-9-5-4-6-10(8(9)2)15(18)19/h4-6H,3,7H2,1-2H3,(H2,13,14,17). The highest BCUT2D eigenvalue weighted by molar-refractivity contribution is 5.92. The van der Waals surface area contributed by atoms with E-state index in [1.807, 2.05) is 0 Å². The van der Waals surface area contributed by atoms with Gasteiger partial charge in [0, 0.05) is 6.07 Å².